The lowest BCUT2D eigenvalue weighted by atomic mass is 10.1. The molecule has 34 heavy (non-hydrogen) atoms. The Morgan fingerprint density at radius 1 is 1.29 bits per heavy atom. The van der Waals surface area contributed by atoms with Crippen LogP contribution in [-0.2, 0) is 0 Å². The van der Waals surface area contributed by atoms with E-state index >= 15 is 0 Å². The van der Waals surface area contributed by atoms with Gasteiger partial charge in [-0.05, 0) is 99.1 Å². The Kier molecular flexibility index (Phi) is 8.96. The molecule has 0 radical (unpaired) electrons. The lowest BCUT2D eigenvalue weighted by molar-refractivity contribution is 0.288. The summed E-state index contributed by atoms with van der Waals surface area (Å²) in [5.74, 6) is 0.575. The predicted octanol–water partition coefficient (Wildman–Crippen LogP) is 6.75. The van der Waals surface area contributed by atoms with Gasteiger partial charge in [-0.25, -0.2) is 9.07 Å². The van der Waals surface area contributed by atoms with Gasteiger partial charge in [-0.15, -0.1) is 0 Å². The molecule has 0 fully saturated rings. The molecule has 0 bridgehead atoms. The molecule has 0 spiro atoms. The maximum absolute atomic E-state index is 13.3. The van der Waals surface area contributed by atoms with E-state index in [1.54, 1.807) is 30.3 Å². The van der Waals surface area contributed by atoms with Crippen LogP contribution in [0.2, 0.25) is 0 Å². The van der Waals surface area contributed by atoms with Crippen molar-refractivity contribution in [2.45, 2.75) is 40.2 Å². The van der Waals surface area contributed by atoms with Crippen LogP contribution in [0, 0.1) is 12.7 Å². The summed E-state index contributed by atoms with van der Waals surface area (Å²) in [5.41, 5.74) is 3.82. The molecule has 1 atom stereocenters. The van der Waals surface area contributed by atoms with Gasteiger partial charge >= 0.3 is 0 Å². The number of benzene rings is 2. The van der Waals surface area contributed by atoms with Crippen molar-refractivity contribution < 1.29 is 9.13 Å². The minimum absolute atomic E-state index is 0.162. The summed E-state index contributed by atoms with van der Waals surface area (Å²) in [6.45, 7) is 12.7. The zero-order valence-electron chi connectivity index (χ0n) is 20.5. The summed E-state index contributed by atoms with van der Waals surface area (Å²) in [6.07, 6.45) is 9.00. The van der Waals surface area contributed by atoms with Crippen molar-refractivity contribution >= 4 is 22.9 Å². The normalized spacial score (nSPS) is 12.9. The summed E-state index contributed by atoms with van der Waals surface area (Å²) in [5, 5.41) is 5.45. The third-order valence-electron chi connectivity index (χ3n) is 5.32. The summed E-state index contributed by atoms with van der Waals surface area (Å²) < 4.78 is 24.6. The van der Waals surface area contributed by atoms with Crippen molar-refractivity contribution in [3.63, 3.8) is 0 Å². The Morgan fingerprint density at radius 3 is 2.74 bits per heavy atom. The highest BCUT2D eigenvalue weighted by atomic mass is 32.2. The lowest BCUT2D eigenvalue weighted by Gasteiger charge is -2.16. The topological polar surface area (TPSA) is 42.3 Å². The number of rotatable bonds is 11. The fraction of sp³-hybridized carbons (Fsp3) is 0.296. The van der Waals surface area contributed by atoms with Gasteiger partial charge in [-0.2, -0.15) is 5.10 Å². The van der Waals surface area contributed by atoms with E-state index in [4.69, 9.17) is 4.74 Å². The summed E-state index contributed by atoms with van der Waals surface area (Å²) >= 11 is 1.62. The molecule has 3 rings (SSSR count). The molecule has 1 unspecified atom stereocenters. The first-order chi connectivity index (χ1) is 16.2. The number of hydrogen-bond donors (Lipinski definition) is 1. The third kappa shape index (κ3) is 6.98. The van der Waals surface area contributed by atoms with E-state index < -0.39 is 0 Å². The van der Waals surface area contributed by atoms with Crippen molar-refractivity contribution in [3.8, 4) is 11.4 Å². The molecule has 1 heterocycles. The molecule has 0 saturated carbocycles. The van der Waals surface area contributed by atoms with Gasteiger partial charge in [0.25, 0.3) is 0 Å². The monoisotopic (exact) mass is 480 g/mol. The second-order valence-electron chi connectivity index (χ2n) is 8.42. The number of aromatic nitrogens is 2. The molecule has 7 heteroatoms. The van der Waals surface area contributed by atoms with Crippen molar-refractivity contribution in [2.24, 2.45) is 0 Å². The molecule has 1 N–H and O–H groups in total. The molecule has 0 aliphatic heterocycles. The van der Waals surface area contributed by atoms with Gasteiger partial charge in [0.15, 0.2) is 0 Å². The molecule has 2 aromatic carbocycles. The molecule has 1 aromatic heterocycles. The average Bonchev–Trinajstić information content (AvgIpc) is 3.21. The first kappa shape index (κ1) is 25.6. The number of hydrogen-bond acceptors (Lipinski definition) is 5. The fourth-order valence-electron chi connectivity index (χ4n) is 3.17. The second-order valence-corrected chi connectivity index (χ2v) is 9.51. The molecule has 5 nitrogen and oxygen atoms in total. The van der Waals surface area contributed by atoms with Crippen LogP contribution in [0.25, 0.3) is 16.6 Å². The summed E-state index contributed by atoms with van der Waals surface area (Å²) in [6, 6.07) is 10.6. The van der Waals surface area contributed by atoms with E-state index in [1.165, 1.54) is 17.0 Å². The molecule has 0 saturated heterocycles. The van der Waals surface area contributed by atoms with Crippen LogP contribution in [0.5, 0.6) is 5.75 Å². The van der Waals surface area contributed by atoms with Gasteiger partial charge < -0.3 is 9.64 Å². The van der Waals surface area contributed by atoms with Crippen molar-refractivity contribution in [2.75, 3.05) is 13.7 Å². The highest BCUT2D eigenvalue weighted by molar-refractivity contribution is 8.01. The molecule has 0 aliphatic rings. The van der Waals surface area contributed by atoms with E-state index in [0.29, 0.717) is 6.61 Å². The van der Waals surface area contributed by atoms with Gasteiger partial charge in [0.2, 0.25) is 0 Å². The van der Waals surface area contributed by atoms with Crippen molar-refractivity contribution in [1.82, 2.24) is 19.4 Å². The molecule has 0 aliphatic carbocycles. The lowest BCUT2D eigenvalue weighted by Crippen LogP contribution is -2.26. The number of halogens is 1. The van der Waals surface area contributed by atoms with Gasteiger partial charge in [-0.3, -0.25) is 4.72 Å². The van der Waals surface area contributed by atoms with Crippen LogP contribution in [0.1, 0.15) is 32.8 Å². The average molecular weight is 481 g/mol. The molecule has 3 aromatic rings. The van der Waals surface area contributed by atoms with E-state index in [9.17, 15) is 4.39 Å². The van der Waals surface area contributed by atoms with Gasteiger partial charge in [0, 0.05) is 24.2 Å². The van der Waals surface area contributed by atoms with Crippen LogP contribution in [0.3, 0.4) is 0 Å². The van der Waals surface area contributed by atoms with Crippen LogP contribution in [0.4, 0.5) is 4.39 Å². The van der Waals surface area contributed by atoms with E-state index in [-0.39, 0.29) is 11.9 Å². The Hall–Kier alpha value is -3.03. The zero-order chi connectivity index (χ0) is 24.7. The van der Waals surface area contributed by atoms with Crippen LogP contribution in [-0.4, -0.2) is 34.4 Å². The molecular formula is C27H33FN4OS. The molecule has 0 amide bonds. The standard InChI is InChI=1S/C27H33FN4OS/c1-19(2)31(6)14-8-7-9-22(5)34-30-21(4)18-33-27-16-23-17-29-32(26(23)15-20(27)3)25-12-10-24(28)11-13-25/h8-17,21,30H,1,7,18H2,2-6H3/b14-8-,22-9+. The SMILES string of the molecule is C=C(C)N(C)/C=C\C/C=C(\C)SNC(C)COc1cc2cnn(-c3ccc(F)cc3)c2cc1C. The quantitative estimate of drug-likeness (QED) is 0.308. The number of nitrogens with one attached hydrogen (secondary N) is 1. The fourth-order valence-corrected chi connectivity index (χ4v) is 3.80. The van der Waals surface area contributed by atoms with Crippen LogP contribution >= 0.6 is 11.9 Å². The maximum atomic E-state index is 13.3. The van der Waals surface area contributed by atoms with Gasteiger partial charge in [0.1, 0.15) is 18.2 Å². The Morgan fingerprint density at radius 2 is 2.03 bits per heavy atom. The zero-order valence-corrected chi connectivity index (χ0v) is 21.3. The highest BCUT2D eigenvalue weighted by Gasteiger charge is 2.11. The Labute approximate surface area is 206 Å². The maximum Gasteiger partial charge on any atom is 0.123 e. The Balaban J connectivity index is 1.53. The number of allylic oxidation sites excluding steroid dienone is 4. The van der Waals surface area contributed by atoms with E-state index in [2.05, 4.69) is 48.5 Å². The van der Waals surface area contributed by atoms with Gasteiger partial charge in [-0.1, -0.05) is 18.7 Å². The first-order valence-electron chi connectivity index (χ1n) is 11.3. The largest absolute Gasteiger partial charge is 0.492 e. The summed E-state index contributed by atoms with van der Waals surface area (Å²) in [7, 11) is 1.99. The van der Waals surface area contributed by atoms with E-state index in [1.807, 2.05) is 42.7 Å². The number of aryl methyl sites for hydroxylation is 1. The second kappa shape index (κ2) is 11.9. The van der Waals surface area contributed by atoms with Crippen molar-refractivity contribution in [3.05, 3.63) is 89.5 Å². The number of fused-ring (bicyclic) bond motifs is 1. The molecule has 180 valence electrons. The highest BCUT2D eigenvalue weighted by Crippen LogP contribution is 2.27. The Bertz CT molecular complexity index is 1180. The third-order valence-corrected chi connectivity index (χ3v) is 6.33. The summed E-state index contributed by atoms with van der Waals surface area (Å²) in [4.78, 5) is 3.21. The number of ether oxygens (including phenoxy) is 1. The minimum atomic E-state index is -0.262. The number of nitrogens with zero attached hydrogens (tertiary/aromatic N) is 3. The van der Waals surface area contributed by atoms with Gasteiger partial charge in [0.05, 0.1) is 17.4 Å². The minimum Gasteiger partial charge on any atom is -0.492 e. The van der Waals surface area contributed by atoms with Crippen molar-refractivity contribution in [1.29, 1.82) is 0 Å². The molecular weight excluding hydrogens is 447 g/mol. The van der Waals surface area contributed by atoms with E-state index in [0.717, 1.165) is 40.0 Å². The predicted molar refractivity (Wildman–Crippen MR) is 142 cm³/mol. The van der Waals surface area contributed by atoms with Crippen LogP contribution in [0.15, 0.2) is 78.1 Å². The van der Waals surface area contributed by atoms with Crippen LogP contribution < -0.4 is 9.46 Å². The smallest absolute Gasteiger partial charge is 0.123 e. The first-order valence-corrected chi connectivity index (χ1v) is 12.1.